The third kappa shape index (κ3) is 4.29. The normalized spacial score (nSPS) is 10.4. The summed E-state index contributed by atoms with van der Waals surface area (Å²) in [5.41, 5.74) is 5.86. The number of rotatable bonds is 5. The van der Waals surface area contributed by atoms with Crippen LogP contribution < -0.4 is 5.73 Å². The Hall–Kier alpha value is -1.58. The first-order valence-corrected chi connectivity index (χ1v) is 5.48. The lowest BCUT2D eigenvalue weighted by molar-refractivity contribution is 0.0494. The van der Waals surface area contributed by atoms with Crippen LogP contribution in [0.15, 0.2) is 18.3 Å². The van der Waals surface area contributed by atoms with Gasteiger partial charge in [-0.15, -0.1) is 0 Å². The Morgan fingerprint density at radius 3 is 2.81 bits per heavy atom. The predicted molar refractivity (Wildman–Crippen MR) is 63.0 cm³/mol. The summed E-state index contributed by atoms with van der Waals surface area (Å²) in [6.07, 6.45) is 3.39. The molecule has 0 fully saturated rings. The molecule has 0 bridgehead atoms. The third-order valence-corrected chi connectivity index (χ3v) is 2.18. The maximum atomic E-state index is 11.5. The fourth-order valence-corrected chi connectivity index (χ4v) is 1.27. The summed E-state index contributed by atoms with van der Waals surface area (Å²) in [6.45, 7) is 4.75. The molecule has 0 aliphatic rings. The zero-order valence-corrected chi connectivity index (χ0v) is 9.77. The van der Waals surface area contributed by atoms with E-state index < -0.39 is 0 Å². The van der Waals surface area contributed by atoms with Gasteiger partial charge in [0.25, 0.3) is 0 Å². The number of anilines is 1. The van der Waals surface area contributed by atoms with E-state index in [0.717, 1.165) is 12.8 Å². The SMILES string of the molecule is CC(C)CCCOC(=O)c1ccc(N)nc1. The number of nitrogens with zero attached hydrogens (tertiary/aromatic N) is 1. The first-order valence-electron chi connectivity index (χ1n) is 5.48. The van der Waals surface area contributed by atoms with Crippen molar-refractivity contribution in [3.63, 3.8) is 0 Å². The summed E-state index contributed by atoms with van der Waals surface area (Å²) in [5, 5.41) is 0. The van der Waals surface area contributed by atoms with Crippen molar-refractivity contribution in [2.24, 2.45) is 5.92 Å². The van der Waals surface area contributed by atoms with Gasteiger partial charge in [-0.3, -0.25) is 0 Å². The van der Waals surface area contributed by atoms with Gasteiger partial charge < -0.3 is 10.5 Å². The summed E-state index contributed by atoms with van der Waals surface area (Å²) in [4.78, 5) is 15.3. The second-order valence-corrected chi connectivity index (χ2v) is 4.14. The van der Waals surface area contributed by atoms with Gasteiger partial charge in [0.2, 0.25) is 0 Å². The molecule has 1 rings (SSSR count). The minimum Gasteiger partial charge on any atom is -0.462 e. The van der Waals surface area contributed by atoms with Crippen LogP contribution in [0.3, 0.4) is 0 Å². The van der Waals surface area contributed by atoms with Gasteiger partial charge in [0.05, 0.1) is 12.2 Å². The highest BCUT2D eigenvalue weighted by molar-refractivity contribution is 5.89. The Bertz CT molecular complexity index is 333. The molecular formula is C12H18N2O2. The number of aromatic nitrogens is 1. The summed E-state index contributed by atoms with van der Waals surface area (Å²) in [7, 11) is 0. The highest BCUT2D eigenvalue weighted by atomic mass is 16.5. The van der Waals surface area contributed by atoms with Gasteiger partial charge in [-0.1, -0.05) is 13.8 Å². The van der Waals surface area contributed by atoms with Crippen molar-refractivity contribution in [1.29, 1.82) is 0 Å². The maximum Gasteiger partial charge on any atom is 0.339 e. The van der Waals surface area contributed by atoms with Gasteiger partial charge in [-0.25, -0.2) is 9.78 Å². The molecule has 1 aromatic rings. The van der Waals surface area contributed by atoms with Crippen LogP contribution in [0.2, 0.25) is 0 Å². The van der Waals surface area contributed by atoms with E-state index in [1.807, 2.05) is 0 Å². The second-order valence-electron chi connectivity index (χ2n) is 4.14. The number of hydrogen-bond acceptors (Lipinski definition) is 4. The molecule has 88 valence electrons. The second kappa shape index (κ2) is 6.10. The Kier molecular flexibility index (Phi) is 4.76. The molecule has 0 aliphatic heterocycles. The summed E-state index contributed by atoms with van der Waals surface area (Å²) in [5.74, 6) is 0.699. The van der Waals surface area contributed by atoms with Crippen LogP contribution in [0.25, 0.3) is 0 Å². The standard InChI is InChI=1S/C12H18N2O2/c1-9(2)4-3-7-16-12(15)10-5-6-11(13)14-8-10/h5-6,8-9H,3-4,7H2,1-2H3,(H2,13,14). The van der Waals surface area contributed by atoms with Crippen LogP contribution in [-0.2, 0) is 4.74 Å². The zero-order chi connectivity index (χ0) is 12.0. The molecule has 1 heterocycles. The molecule has 0 spiro atoms. The lowest BCUT2D eigenvalue weighted by Crippen LogP contribution is -2.07. The van der Waals surface area contributed by atoms with E-state index in [1.54, 1.807) is 12.1 Å². The number of ether oxygens (including phenoxy) is 1. The van der Waals surface area contributed by atoms with Gasteiger partial charge in [0, 0.05) is 6.20 Å². The number of carbonyl (C=O) groups is 1. The predicted octanol–water partition coefficient (Wildman–Crippen LogP) is 2.26. The Morgan fingerprint density at radius 2 is 2.25 bits per heavy atom. The van der Waals surface area contributed by atoms with E-state index in [1.165, 1.54) is 6.20 Å². The van der Waals surface area contributed by atoms with E-state index in [9.17, 15) is 4.79 Å². The van der Waals surface area contributed by atoms with Crippen LogP contribution in [0.4, 0.5) is 5.82 Å². The quantitative estimate of drug-likeness (QED) is 0.613. The molecule has 2 N–H and O–H groups in total. The molecule has 0 unspecified atom stereocenters. The number of nitrogens with two attached hydrogens (primary N) is 1. The van der Waals surface area contributed by atoms with Gasteiger partial charge in [0.1, 0.15) is 5.82 Å². The zero-order valence-electron chi connectivity index (χ0n) is 9.77. The number of esters is 1. The molecule has 16 heavy (non-hydrogen) atoms. The minimum absolute atomic E-state index is 0.337. The van der Waals surface area contributed by atoms with Gasteiger partial charge in [0.15, 0.2) is 0 Å². The first kappa shape index (κ1) is 12.5. The monoisotopic (exact) mass is 222 g/mol. The summed E-state index contributed by atoms with van der Waals surface area (Å²) >= 11 is 0. The average molecular weight is 222 g/mol. The molecule has 0 aliphatic carbocycles. The van der Waals surface area contributed by atoms with Crippen LogP contribution in [0, 0.1) is 5.92 Å². The number of carbonyl (C=O) groups excluding carboxylic acids is 1. The van der Waals surface area contributed by atoms with Crippen LogP contribution in [-0.4, -0.2) is 17.6 Å². The van der Waals surface area contributed by atoms with E-state index in [4.69, 9.17) is 10.5 Å². The average Bonchev–Trinajstić information content (AvgIpc) is 2.25. The Labute approximate surface area is 95.8 Å². The molecule has 0 radical (unpaired) electrons. The van der Waals surface area contributed by atoms with Gasteiger partial charge in [-0.05, 0) is 30.9 Å². The molecule has 0 amide bonds. The van der Waals surface area contributed by atoms with Crippen LogP contribution >= 0.6 is 0 Å². The topological polar surface area (TPSA) is 65.2 Å². The fourth-order valence-electron chi connectivity index (χ4n) is 1.27. The molecule has 4 nitrogen and oxygen atoms in total. The third-order valence-electron chi connectivity index (χ3n) is 2.18. The molecule has 0 saturated carbocycles. The highest BCUT2D eigenvalue weighted by Crippen LogP contribution is 2.06. The van der Waals surface area contributed by atoms with Gasteiger partial charge >= 0.3 is 5.97 Å². The molecular weight excluding hydrogens is 204 g/mol. The van der Waals surface area contributed by atoms with Crippen molar-refractivity contribution in [3.8, 4) is 0 Å². The summed E-state index contributed by atoms with van der Waals surface area (Å²) < 4.78 is 5.10. The van der Waals surface area contributed by atoms with Crippen molar-refractivity contribution in [1.82, 2.24) is 4.98 Å². The largest absolute Gasteiger partial charge is 0.462 e. The van der Waals surface area contributed by atoms with E-state index in [0.29, 0.717) is 23.9 Å². The van der Waals surface area contributed by atoms with Crippen molar-refractivity contribution in [2.75, 3.05) is 12.3 Å². The van der Waals surface area contributed by atoms with E-state index in [-0.39, 0.29) is 5.97 Å². The Morgan fingerprint density at radius 1 is 1.50 bits per heavy atom. The van der Waals surface area contributed by atoms with Crippen molar-refractivity contribution in [2.45, 2.75) is 26.7 Å². The molecule has 0 saturated heterocycles. The molecule has 0 atom stereocenters. The minimum atomic E-state index is -0.337. The maximum absolute atomic E-state index is 11.5. The van der Waals surface area contributed by atoms with E-state index in [2.05, 4.69) is 18.8 Å². The Balaban J connectivity index is 2.32. The molecule has 1 aromatic heterocycles. The summed E-state index contributed by atoms with van der Waals surface area (Å²) in [6, 6.07) is 3.21. The smallest absolute Gasteiger partial charge is 0.339 e. The van der Waals surface area contributed by atoms with Gasteiger partial charge in [-0.2, -0.15) is 0 Å². The lowest BCUT2D eigenvalue weighted by atomic mass is 10.1. The van der Waals surface area contributed by atoms with Crippen molar-refractivity contribution >= 4 is 11.8 Å². The first-order chi connectivity index (χ1) is 7.59. The van der Waals surface area contributed by atoms with Crippen LogP contribution in [0.5, 0.6) is 0 Å². The number of hydrogen-bond donors (Lipinski definition) is 1. The highest BCUT2D eigenvalue weighted by Gasteiger charge is 2.06. The fraction of sp³-hybridized carbons (Fsp3) is 0.500. The number of nitrogen functional groups attached to an aromatic ring is 1. The van der Waals surface area contributed by atoms with Crippen molar-refractivity contribution in [3.05, 3.63) is 23.9 Å². The number of pyridine rings is 1. The molecule has 0 aromatic carbocycles. The van der Waals surface area contributed by atoms with E-state index >= 15 is 0 Å². The van der Waals surface area contributed by atoms with Crippen LogP contribution in [0.1, 0.15) is 37.0 Å². The molecule has 4 heteroatoms. The lowest BCUT2D eigenvalue weighted by Gasteiger charge is -2.06. The van der Waals surface area contributed by atoms with Crippen molar-refractivity contribution < 1.29 is 9.53 Å².